The molecule has 3 rings (SSSR count). The molecule has 0 aromatic heterocycles. The molecule has 1 fully saturated rings. The molecule has 19 heavy (non-hydrogen) atoms. The van der Waals surface area contributed by atoms with Crippen molar-refractivity contribution in [3.05, 3.63) is 65.7 Å². The van der Waals surface area contributed by atoms with E-state index in [-0.39, 0.29) is 0 Å². The zero-order chi connectivity index (χ0) is 13.1. The van der Waals surface area contributed by atoms with Gasteiger partial charge in [-0.05, 0) is 41.2 Å². The number of carbonyl (C=O) groups excluding carboxylic acids is 1. The van der Waals surface area contributed by atoms with Crippen molar-refractivity contribution in [1.82, 2.24) is 0 Å². The van der Waals surface area contributed by atoms with E-state index < -0.39 is 0 Å². The average Bonchev–Trinajstić information content (AvgIpc) is 2.86. The summed E-state index contributed by atoms with van der Waals surface area (Å²) < 4.78 is 0. The maximum atomic E-state index is 11.8. The van der Waals surface area contributed by atoms with Gasteiger partial charge in [0.15, 0.2) is 5.78 Å². The van der Waals surface area contributed by atoms with Crippen LogP contribution in [0.25, 0.3) is 17.2 Å². The Hall–Kier alpha value is -2.15. The first-order valence-electron chi connectivity index (χ1n) is 6.73. The Morgan fingerprint density at radius 2 is 1.58 bits per heavy atom. The topological polar surface area (TPSA) is 17.1 Å². The zero-order valence-corrected chi connectivity index (χ0v) is 10.8. The molecular weight excluding hydrogens is 232 g/mol. The van der Waals surface area contributed by atoms with Crippen LogP contribution in [0.15, 0.2) is 60.2 Å². The number of rotatable bonds is 2. The molecule has 1 nitrogen and oxygen atoms in total. The summed E-state index contributed by atoms with van der Waals surface area (Å²) in [6.45, 7) is 0. The lowest BCUT2D eigenvalue weighted by Crippen LogP contribution is -1.92. The smallest absolute Gasteiger partial charge is 0.158 e. The average molecular weight is 248 g/mol. The van der Waals surface area contributed by atoms with E-state index in [1.165, 1.54) is 11.1 Å². The molecule has 94 valence electrons. The van der Waals surface area contributed by atoms with Crippen molar-refractivity contribution in [2.75, 3.05) is 0 Å². The summed E-state index contributed by atoms with van der Waals surface area (Å²) in [7, 11) is 0. The lowest BCUT2D eigenvalue weighted by Gasteiger charge is -2.07. The summed E-state index contributed by atoms with van der Waals surface area (Å²) in [6, 6.07) is 18.6. The fraction of sp³-hybridized carbons (Fsp3) is 0.167. The largest absolute Gasteiger partial charge is 0.295 e. The fourth-order valence-corrected chi connectivity index (χ4v) is 2.58. The first-order valence-corrected chi connectivity index (χ1v) is 6.73. The molecule has 1 aliphatic rings. The Kier molecular flexibility index (Phi) is 3.28. The third-order valence-electron chi connectivity index (χ3n) is 3.58. The standard InChI is InChI=1S/C18H16O/c19-18-12-6-10-16(18)13-15-9-4-5-11-17(15)14-7-2-1-3-8-14/h1-5,7-9,11,13H,6,10,12H2/b16-13+. The Balaban J connectivity index is 2.06. The van der Waals surface area contributed by atoms with Gasteiger partial charge in [0, 0.05) is 6.42 Å². The van der Waals surface area contributed by atoms with Gasteiger partial charge in [0.1, 0.15) is 0 Å². The summed E-state index contributed by atoms with van der Waals surface area (Å²) in [5.41, 5.74) is 4.50. The van der Waals surface area contributed by atoms with E-state index in [9.17, 15) is 4.79 Å². The second kappa shape index (κ2) is 5.23. The normalized spacial score (nSPS) is 17.1. The monoisotopic (exact) mass is 248 g/mol. The number of carbonyl (C=O) groups is 1. The first kappa shape index (κ1) is 11.9. The highest BCUT2D eigenvalue weighted by Gasteiger charge is 2.17. The van der Waals surface area contributed by atoms with Crippen LogP contribution in [0.4, 0.5) is 0 Å². The second-order valence-electron chi connectivity index (χ2n) is 4.90. The van der Waals surface area contributed by atoms with Gasteiger partial charge in [-0.1, -0.05) is 54.6 Å². The van der Waals surface area contributed by atoms with Crippen LogP contribution in [0.5, 0.6) is 0 Å². The molecule has 2 aromatic carbocycles. The molecule has 0 N–H and O–H groups in total. The Morgan fingerprint density at radius 3 is 2.32 bits per heavy atom. The van der Waals surface area contributed by atoms with Crippen molar-refractivity contribution in [2.24, 2.45) is 0 Å². The van der Waals surface area contributed by atoms with E-state index in [4.69, 9.17) is 0 Å². The van der Waals surface area contributed by atoms with Crippen molar-refractivity contribution >= 4 is 11.9 Å². The van der Waals surface area contributed by atoms with E-state index in [0.717, 1.165) is 24.0 Å². The van der Waals surface area contributed by atoms with Gasteiger partial charge < -0.3 is 0 Å². The minimum atomic E-state index is 0.308. The molecule has 1 saturated carbocycles. The molecule has 0 atom stereocenters. The van der Waals surface area contributed by atoms with E-state index in [1.54, 1.807) is 0 Å². The van der Waals surface area contributed by atoms with Crippen molar-refractivity contribution in [2.45, 2.75) is 19.3 Å². The van der Waals surface area contributed by atoms with Crippen LogP contribution < -0.4 is 0 Å². The van der Waals surface area contributed by atoms with Gasteiger partial charge in [-0.3, -0.25) is 4.79 Å². The van der Waals surface area contributed by atoms with E-state index in [2.05, 4.69) is 30.3 Å². The van der Waals surface area contributed by atoms with Gasteiger partial charge in [0.25, 0.3) is 0 Å². The van der Waals surface area contributed by atoms with Crippen molar-refractivity contribution in [1.29, 1.82) is 0 Å². The minimum absolute atomic E-state index is 0.308. The number of hydrogen-bond acceptors (Lipinski definition) is 1. The van der Waals surface area contributed by atoms with Gasteiger partial charge in [-0.2, -0.15) is 0 Å². The van der Waals surface area contributed by atoms with Crippen LogP contribution in [0.3, 0.4) is 0 Å². The van der Waals surface area contributed by atoms with E-state index >= 15 is 0 Å². The van der Waals surface area contributed by atoms with Crippen molar-refractivity contribution in [3.8, 4) is 11.1 Å². The molecule has 0 unspecified atom stereocenters. The molecule has 1 aliphatic carbocycles. The SMILES string of the molecule is O=C1CCC/C1=C\c1ccccc1-c1ccccc1. The summed E-state index contributed by atoms with van der Waals surface area (Å²) in [6.07, 6.45) is 4.69. The summed E-state index contributed by atoms with van der Waals surface area (Å²) in [5, 5.41) is 0. The molecule has 0 spiro atoms. The van der Waals surface area contributed by atoms with E-state index in [0.29, 0.717) is 12.2 Å². The number of allylic oxidation sites excluding steroid dienone is 1. The highest BCUT2D eigenvalue weighted by atomic mass is 16.1. The molecule has 0 bridgehead atoms. The highest BCUT2D eigenvalue weighted by molar-refractivity contribution is 6.02. The molecule has 0 heterocycles. The van der Waals surface area contributed by atoms with Gasteiger partial charge in [-0.25, -0.2) is 0 Å². The summed E-state index contributed by atoms with van der Waals surface area (Å²) in [4.78, 5) is 11.8. The molecule has 1 heteroatoms. The Labute approximate surface area is 113 Å². The van der Waals surface area contributed by atoms with Gasteiger partial charge in [0.2, 0.25) is 0 Å². The van der Waals surface area contributed by atoms with Crippen molar-refractivity contribution < 1.29 is 4.79 Å². The van der Waals surface area contributed by atoms with Crippen LogP contribution >= 0.6 is 0 Å². The van der Waals surface area contributed by atoms with Crippen LogP contribution in [-0.2, 0) is 4.79 Å². The van der Waals surface area contributed by atoms with Crippen LogP contribution in [0, 0.1) is 0 Å². The first-order chi connectivity index (χ1) is 9.34. The maximum absolute atomic E-state index is 11.8. The number of benzene rings is 2. The molecule has 0 amide bonds. The third-order valence-corrected chi connectivity index (χ3v) is 3.58. The highest BCUT2D eigenvalue weighted by Crippen LogP contribution is 2.28. The Morgan fingerprint density at radius 1 is 0.842 bits per heavy atom. The summed E-state index contributed by atoms with van der Waals surface area (Å²) in [5.74, 6) is 0.308. The predicted molar refractivity (Wildman–Crippen MR) is 78.7 cm³/mol. The second-order valence-corrected chi connectivity index (χ2v) is 4.90. The van der Waals surface area contributed by atoms with Gasteiger partial charge in [0.05, 0.1) is 0 Å². The third kappa shape index (κ3) is 2.50. The van der Waals surface area contributed by atoms with Gasteiger partial charge >= 0.3 is 0 Å². The quantitative estimate of drug-likeness (QED) is 0.716. The fourth-order valence-electron chi connectivity index (χ4n) is 2.58. The molecule has 0 saturated heterocycles. The zero-order valence-electron chi connectivity index (χ0n) is 10.8. The lowest BCUT2D eigenvalue weighted by atomic mass is 9.97. The van der Waals surface area contributed by atoms with Crippen LogP contribution in [0.1, 0.15) is 24.8 Å². The maximum Gasteiger partial charge on any atom is 0.158 e. The molecular formula is C18H16O. The minimum Gasteiger partial charge on any atom is -0.295 e. The predicted octanol–water partition coefficient (Wildman–Crippen LogP) is 4.49. The summed E-state index contributed by atoms with van der Waals surface area (Å²) >= 11 is 0. The lowest BCUT2D eigenvalue weighted by molar-refractivity contribution is -0.114. The number of hydrogen-bond donors (Lipinski definition) is 0. The van der Waals surface area contributed by atoms with Gasteiger partial charge in [-0.15, -0.1) is 0 Å². The van der Waals surface area contributed by atoms with Crippen LogP contribution in [0.2, 0.25) is 0 Å². The Bertz CT molecular complexity index is 623. The molecule has 2 aromatic rings. The number of ketones is 1. The van der Waals surface area contributed by atoms with Crippen molar-refractivity contribution in [3.63, 3.8) is 0 Å². The van der Waals surface area contributed by atoms with Crippen LogP contribution in [-0.4, -0.2) is 5.78 Å². The van der Waals surface area contributed by atoms with E-state index in [1.807, 2.05) is 30.3 Å². The number of Topliss-reactive ketones (excluding diaryl/α,β-unsaturated/α-hetero) is 1. The molecule has 0 radical (unpaired) electrons. The molecule has 0 aliphatic heterocycles.